The molecule has 98 valence electrons. The maximum atomic E-state index is 13.4. The number of para-hydroxylation sites is 1. The molecule has 0 heterocycles. The van der Waals surface area contributed by atoms with E-state index in [1.165, 1.54) is 12.1 Å². The molecule has 0 saturated heterocycles. The van der Waals surface area contributed by atoms with E-state index in [-0.39, 0.29) is 16.9 Å². The predicted octanol–water partition coefficient (Wildman–Crippen LogP) is 2.94. The van der Waals surface area contributed by atoms with Gasteiger partial charge >= 0.3 is 0 Å². The topological polar surface area (TPSA) is 55.1 Å². The van der Waals surface area contributed by atoms with Crippen LogP contribution in [-0.4, -0.2) is 5.91 Å². The van der Waals surface area contributed by atoms with Crippen molar-refractivity contribution in [1.29, 1.82) is 0 Å². The van der Waals surface area contributed by atoms with Crippen LogP contribution in [0.4, 0.5) is 24.5 Å². The number of benzene rings is 2. The molecule has 3 N–H and O–H groups in total. The summed E-state index contributed by atoms with van der Waals surface area (Å²) in [4.78, 5) is 11.8. The molecule has 0 aliphatic carbocycles. The summed E-state index contributed by atoms with van der Waals surface area (Å²) in [6.07, 6.45) is 0. The Morgan fingerprint density at radius 1 is 1.05 bits per heavy atom. The molecule has 2 aromatic carbocycles. The lowest BCUT2D eigenvalue weighted by Gasteiger charge is -2.09. The van der Waals surface area contributed by atoms with Crippen molar-refractivity contribution in [2.45, 2.75) is 0 Å². The smallest absolute Gasteiger partial charge is 0.256 e. The molecule has 0 spiro atoms. The number of amides is 1. The number of anilines is 2. The second-order valence-electron chi connectivity index (χ2n) is 3.82. The summed E-state index contributed by atoms with van der Waals surface area (Å²) in [6, 6.07) is 6.20. The number of nitrogens with two attached hydrogens (primary N) is 1. The van der Waals surface area contributed by atoms with Crippen molar-refractivity contribution in [3.05, 3.63) is 59.4 Å². The second kappa shape index (κ2) is 5.01. The van der Waals surface area contributed by atoms with E-state index in [0.29, 0.717) is 6.07 Å². The Morgan fingerprint density at radius 3 is 2.26 bits per heavy atom. The quantitative estimate of drug-likeness (QED) is 0.821. The van der Waals surface area contributed by atoms with E-state index in [4.69, 9.17) is 5.73 Å². The fraction of sp³-hybridized carbons (Fsp3) is 0. The number of carbonyl (C=O) groups is 1. The first-order chi connectivity index (χ1) is 8.97. The van der Waals surface area contributed by atoms with Crippen molar-refractivity contribution < 1.29 is 18.0 Å². The van der Waals surface area contributed by atoms with Crippen LogP contribution in [0.2, 0.25) is 0 Å². The highest BCUT2D eigenvalue weighted by atomic mass is 19.1. The first-order valence-corrected chi connectivity index (χ1v) is 5.29. The van der Waals surface area contributed by atoms with Gasteiger partial charge in [-0.15, -0.1) is 0 Å². The molecule has 0 aromatic heterocycles. The van der Waals surface area contributed by atoms with Gasteiger partial charge in [-0.25, -0.2) is 13.2 Å². The molecule has 1 amide bonds. The lowest BCUT2D eigenvalue weighted by Crippen LogP contribution is -2.15. The van der Waals surface area contributed by atoms with Crippen LogP contribution in [0, 0.1) is 17.5 Å². The minimum Gasteiger partial charge on any atom is -0.397 e. The van der Waals surface area contributed by atoms with Gasteiger partial charge in [0.15, 0.2) is 0 Å². The molecule has 0 atom stereocenters. The van der Waals surface area contributed by atoms with Gasteiger partial charge in [0, 0.05) is 11.6 Å². The molecule has 0 saturated carbocycles. The van der Waals surface area contributed by atoms with E-state index in [1.807, 2.05) is 0 Å². The van der Waals surface area contributed by atoms with Crippen molar-refractivity contribution in [1.82, 2.24) is 0 Å². The maximum Gasteiger partial charge on any atom is 0.256 e. The van der Waals surface area contributed by atoms with Crippen LogP contribution < -0.4 is 11.1 Å². The van der Waals surface area contributed by atoms with Gasteiger partial charge in [-0.1, -0.05) is 6.07 Å². The highest BCUT2D eigenvalue weighted by Crippen LogP contribution is 2.22. The van der Waals surface area contributed by atoms with Gasteiger partial charge in [0.1, 0.15) is 23.1 Å². The van der Waals surface area contributed by atoms with Crippen LogP contribution >= 0.6 is 0 Å². The van der Waals surface area contributed by atoms with Gasteiger partial charge < -0.3 is 11.1 Å². The van der Waals surface area contributed by atoms with Gasteiger partial charge in [-0.2, -0.15) is 0 Å². The number of hydrogen-bond donors (Lipinski definition) is 2. The van der Waals surface area contributed by atoms with Gasteiger partial charge in [0.05, 0.1) is 5.69 Å². The molecule has 2 rings (SSSR count). The Kier molecular flexibility index (Phi) is 3.41. The van der Waals surface area contributed by atoms with Gasteiger partial charge in [0.25, 0.3) is 5.91 Å². The highest BCUT2D eigenvalue weighted by Gasteiger charge is 2.13. The zero-order valence-corrected chi connectivity index (χ0v) is 9.58. The zero-order valence-electron chi connectivity index (χ0n) is 9.58. The minimum atomic E-state index is -0.897. The van der Waals surface area contributed by atoms with Crippen molar-refractivity contribution in [3.8, 4) is 0 Å². The van der Waals surface area contributed by atoms with Crippen molar-refractivity contribution in [2.75, 3.05) is 11.1 Å². The zero-order chi connectivity index (χ0) is 14.0. The molecule has 0 fully saturated rings. The van der Waals surface area contributed by atoms with Gasteiger partial charge in [-0.3, -0.25) is 4.79 Å². The predicted molar refractivity (Wildman–Crippen MR) is 65.1 cm³/mol. The van der Waals surface area contributed by atoms with Gasteiger partial charge in [0.2, 0.25) is 0 Å². The summed E-state index contributed by atoms with van der Waals surface area (Å²) >= 11 is 0. The summed E-state index contributed by atoms with van der Waals surface area (Å²) in [5.74, 6) is -3.38. The Morgan fingerprint density at radius 2 is 1.68 bits per heavy atom. The summed E-state index contributed by atoms with van der Waals surface area (Å²) in [5.41, 5.74) is 5.03. The number of carbonyl (C=O) groups excluding carboxylic acids is 1. The fourth-order valence-electron chi connectivity index (χ4n) is 1.54. The van der Waals surface area contributed by atoms with Crippen LogP contribution in [0.15, 0.2) is 36.4 Å². The SMILES string of the molecule is Nc1cccc(F)c1NC(=O)c1cc(F)cc(F)c1. The van der Waals surface area contributed by atoms with E-state index in [2.05, 4.69) is 5.32 Å². The van der Waals surface area contributed by atoms with E-state index in [9.17, 15) is 18.0 Å². The number of halogens is 3. The van der Waals surface area contributed by atoms with Gasteiger partial charge in [-0.05, 0) is 24.3 Å². The summed E-state index contributed by atoms with van der Waals surface area (Å²) in [5, 5.41) is 2.18. The van der Waals surface area contributed by atoms with Crippen LogP contribution in [0.1, 0.15) is 10.4 Å². The third-order valence-corrected chi connectivity index (χ3v) is 2.41. The molecule has 0 bridgehead atoms. The molecule has 6 heteroatoms. The summed E-state index contributed by atoms with van der Waals surface area (Å²) < 4.78 is 39.4. The first-order valence-electron chi connectivity index (χ1n) is 5.29. The van der Waals surface area contributed by atoms with Crippen LogP contribution in [0.3, 0.4) is 0 Å². The number of rotatable bonds is 2. The third kappa shape index (κ3) is 2.85. The van der Waals surface area contributed by atoms with Crippen molar-refractivity contribution >= 4 is 17.3 Å². The molecule has 2 aromatic rings. The second-order valence-corrected chi connectivity index (χ2v) is 3.82. The molecule has 3 nitrogen and oxygen atoms in total. The van der Waals surface area contributed by atoms with E-state index in [0.717, 1.165) is 18.2 Å². The Labute approximate surface area is 106 Å². The largest absolute Gasteiger partial charge is 0.397 e. The fourth-order valence-corrected chi connectivity index (χ4v) is 1.54. The maximum absolute atomic E-state index is 13.4. The third-order valence-electron chi connectivity index (χ3n) is 2.41. The normalized spacial score (nSPS) is 10.3. The van der Waals surface area contributed by atoms with E-state index in [1.54, 1.807) is 0 Å². The molecule has 0 radical (unpaired) electrons. The average molecular weight is 266 g/mol. The van der Waals surface area contributed by atoms with E-state index < -0.39 is 23.4 Å². The monoisotopic (exact) mass is 266 g/mol. The molecular formula is C13H9F3N2O. The Balaban J connectivity index is 2.31. The lowest BCUT2D eigenvalue weighted by molar-refractivity contribution is 0.102. The number of nitrogen functional groups attached to an aromatic ring is 1. The Bertz CT molecular complexity index is 603. The molecule has 0 unspecified atom stereocenters. The molecule has 19 heavy (non-hydrogen) atoms. The van der Waals surface area contributed by atoms with Crippen LogP contribution in [-0.2, 0) is 0 Å². The standard InChI is InChI=1S/C13H9F3N2O/c14-8-4-7(5-9(15)6-8)13(19)18-12-10(16)2-1-3-11(12)17/h1-6H,17H2,(H,18,19). The van der Waals surface area contributed by atoms with Crippen LogP contribution in [0.5, 0.6) is 0 Å². The first kappa shape index (κ1) is 12.9. The Hall–Kier alpha value is -2.50. The lowest BCUT2D eigenvalue weighted by atomic mass is 10.2. The minimum absolute atomic E-state index is 0.0187. The molecule has 0 aliphatic rings. The average Bonchev–Trinajstić information content (AvgIpc) is 2.32. The highest BCUT2D eigenvalue weighted by molar-refractivity contribution is 6.05. The number of nitrogens with one attached hydrogen (secondary N) is 1. The molecule has 0 aliphatic heterocycles. The van der Waals surface area contributed by atoms with Crippen LogP contribution in [0.25, 0.3) is 0 Å². The summed E-state index contributed by atoms with van der Waals surface area (Å²) in [7, 11) is 0. The van der Waals surface area contributed by atoms with E-state index >= 15 is 0 Å². The summed E-state index contributed by atoms with van der Waals surface area (Å²) in [6.45, 7) is 0. The molecular weight excluding hydrogens is 257 g/mol. The van der Waals surface area contributed by atoms with Crippen molar-refractivity contribution in [3.63, 3.8) is 0 Å². The number of hydrogen-bond acceptors (Lipinski definition) is 2. The van der Waals surface area contributed by atoms with Crippen molar-refractivity contribution in [2.24, 2.45) is 0 Å².